The summed E-state index contributed by atoms with van der Waals surface area (Å²) in [7, 11) is 3.09. The van der Waals surface area contributed by atoms with E-state index in [4.69, 9.17) is 14.0 Å². The second-order valence-electron chi connectivity index (χ2n) is 7.37. The van der Waals surface area contributed by atoms with Crippen LogP contribution in [0, 0.1) is 5.82 Å². The maximum atomic E-state index is 13.5. The van der Waals surface area contributed by atoms with Gasteiger partial charge in [0.15, 0.2) is 16.7 Å². The molecule has 0 fully saturated rings. The Morgan fingerprint density at radius 2 is 1.77 bits per heavy atom. The molecule has 0 spiro atoms. The molecule has 0 radical (unpaired) electrons. The lowest BCUT2D eigenvalue weighted by atomic mass is 10.2. The lowest BCUT2D eigenvalue weighted by Crippen LogP contribution is -2.21. The summed E-state index contributed by atoms with van der Waals surface area (Å²) in [5.41, 5.74) is 1.44. The van der Waals surface area contributed by atoms with Gasteiger partial charge in [0.2, 0.25) is 11.7 Å². The fraction of sp³-hybridized carbons (Fsp3) is 0.120. The number of fused-ring (bicyclic) bond motifs is 1. The van der Waals surface area contributed by atoms with Gasteiger partial charge in [-0.2, -0.15) is 4.98 Å². The summed E-state index contributed by atoms with van der Waals surface area (Å²) in [6, 6.07) is 18.2. The number of ether oxygens (including phenoxy) is 2. The zero-order valence-corrected chi connectivity index (χ0v) is 19.6. The van der Waals surface area contributed by atoms with E-state index in [2.05, 4.69) is 15.1 Å². The van der Waals surface area contributed by atoms with E-state index < -0.39 is 5.82 Å². The molecular formula is C25H19FN4O4S. The number of para-hydroxylation sites is 2. The van der Waals surface area contributed by atoms with Gasteiger partial charge in [-0.05, 0) is 48.5 Å². The van der Waals surface area contributed by atoms with Crippen LogP contribution in [0.3, 0.4) is 0 Å². The first kappa shape index (κ1) is 22.6. The summed E-state index contributed by atoms with van der Waals surface area (Å²) in [6.07, 6.45) is 0. The summed E-state index contributed by atoms with van der Waals surface area (Å²) < 4.78 is 31.2. The van der Waals surface area contributed by atoms with Gasteiger partial charge in [-0.15, -0.1) is 0 Å². The largest absolute Gasteiger partial charge is 0.493 e. The summed E-state index contributed by atoms with van der Waals surface area (Å²) in [6.45, 7) is 0. The summed E-state index contributed by atoms with van der Waals surface area (Å²) in [4.78, 5) is 22.5. The first-order chi connectivity index (χ1) is 17.1. The third kappa shape index (κ3) is 4.35. The van der Waals surface area contributed by atoms with Crippen molar-refractivity contribution >= 4 is 22.7 Å². The molecule has 2 aromatic heterocycles. The fourth-order valence-electron chi connectivity index (χ4n) is 3.64. The van der Waals surface area contributed by atoms with Gasteiger partial charge in [-0.3, -0.25) is 9.36 Å². The van der Waals surface area contributed by atoms with Crippen LogP contribution in [0.1, 0.15) is 5.89 Å². The highest BCUT2D eigenvalue weighted by Gasteiger charge is 2.19. The molecule has 3 aromatic carbocycles. The topological polar surface area (TPSA) is 92.3 Å². The van der Waals surface area contributed by atoms with Gasteiger partial charge in [-0.25, -0.2) is 9.37 Å². The Kier molecular flexibility index (Phi) is 6.19. The van der Waals surface area contributed by atoms with Crippen LogP contribution in [0.5, 0.6) is 11.5 Å². The van der Waals surface area contributed by atoms with Crippen LogP contribution in [0.2, 0.25) is 0 Å². The Labute approximate surface area is 203 Å². The molecule has 8 nitrogen and oxygen atoms in total. The first-order valence-electron chi connectivity index (χ1n) is 10.5. The van der Waals surface area contributed by atoms with Crippen LogP contribution in [-0.2, 0) is 5.75 Å². The zero-order valence-electron chi connectivity index (χ0n) is 18.8. The van der Waals surface area contributed by atoms with Crippen LogP contribution in [0.25, 0.3) is 28.0 Å². The molecule has 0 bridgehead atoms. The predicted molar refractivity (Wildman–Crippen MR) is 130 cm³/mol. The van der Waals surface area contributed by atoms with E-state index in [1.807, 2.05) is 12.1 Å². The van der Waals surface area contributed by atoms with Crippen LogP contribution < -0.4 is 15.0 Å². The lowest BCUT2D eigenvalue weighted by Gasteiger charge is -2.12. The molecule has 176 valence electrons. The molecule has 10 heteroatoms. The Morgan fingerprint density at radius 1 is 0.971 bits per heavy atom. The van der Waals surface area contributed by atoms with Crippen LogP contribution in [0.4, 0.5) is 4.39 Å². The van der Waals surface area contributed by atoms with E-state index in [0.717, 1.165) is 0 Å². The third-order valence-electron chi connectivity index (χ3n) is 5.27. The normalized spacial score (nSPS) is 11.1. The van der Waals surface area contributed by atoms with Gasteiger partial charge in [0.1, 0.15) is 5.82 Å². The fourth-order valence-corrected chi connectivity index (χ4v) is 4.49. The molecule has 2 heterocycles. The van der Waals surface area contributed by atoms with Crippen LogP contribution in [0.15, 0.2) is 81.2 Å². The zero-order chi connectivity index (χ0) is 24.4. The summed E-state index contributed by atoms with van der Waals surface area (Å²) in [5.74, 6) is 1.59. The molecule has 0 amide bonds. The molecule has 5 rings (SSSR count). The number of hydrogen-bond acceptors (Lipinski definition) is 8. The number of methoxy groups -OCH3 is 2. The Hall–Kier alpha value is -4.18. The van der Waals surface area contributed by atoms with Gasteiger partial charge in [0.25, 0.3) is 5.56 Å². The minimum Gasteiger partial charge on any atom is -0.493 e. The number of halogens is 1. The minimum absolute atomic E-state index is 0.253. The SMILES string of the molecule is COc1cccc(-c2noc(CSc3nc4ccccc4c(=O)n3-c3ccc(F)cc3)n2)c1OC. The van der Waals surface area contributed by atoms with Crippen molar-refractivity contribution in [2.45, 2.75) is 10.9 Å². The van der Waals surface area contributed by atoms with Crippen molar-refractivity contribution in [3.05, 3.63) is 88.8 Å². The van der Waals surface area contributed by atoms with Crippen molar-refractivity contribution in [1.29, 1.82) is 0 Å². The summed E-state index contributed by atoms with van der Waals surface area (Å²) >= 11 is 1.26. The van der Waals surface area contributed by atoms with E-state index in [0.29, 0.717) is 50.5 Å². The van der Waals surface area contributed by atoms with Crippen molar-refractivity contribution < 1.29 is 18.4 Å². The molecule has 35 heavy (non-hydrogen) atoms. The Morgan fingerprint density at radius 3 is 2.54 bits per heavy atom. The summed E-state index contributed by atoms with van der Waals surface area (Å²) in [5, 5.41) is 4.95. The Balaban J connectivity index is 1.50. The number of rotatable bonds is 7. The van der Waals surface area contributed by atoms with Gasteiger partial charge >= 0.3 is 0 Å². The molecule has 0 saturated heterocycles. The highest BCUT2D eigenvalue weighted by Crippen LogP contribution is 2.36. The van der Waals surface area contributed by atoms with Crippen molar-refractivity contribution in [2.24, 2.45) is 0 Å². The number of aromatic nitrogens is 4. The van der Waals surface area contributed by atoms with E-state index in [1.165, 1.54) is 47.7 Å². The average molecular weight is 491 g/mol. The molecular weight excluding hydrogens is 471 g/mol. The smallest absolute Gasteiger partial charge is 0.266 e. The van der Waals surface area contributed by atoms with E-state index in [9.17, 15) is 9.18 Å². The van der Waals surface area contributed by atoms with Gasteiger partial charge < -0.3 is 14.0 Å². The van der Waals surface area contributed by atoms with Crippen molar-refractivity contribution in [3.8, 4) is 28.6 Å². The lowest BCUT2D eigenvalue weighted by molar-refractivity contribution is 0.355. The molecule has 0 aliphatic carbocycles. The molecule has 0 aliphatic rings. The van der Waals surface area contributed by atoms with E-state index in [-0.39, 0.29) is 11.3 Å². The minimum atomic E-state index is -0.392. The Bertz CT molecular complexity index is 1570. The van der Waals surface area contributed by atoms with Gasteiger partial charge in [-0.1, -0.05) is 35.1 Å². The van der Waals surface area contributed by atoms with Crippen molar-refractivity contribution in [2.75, 3.05) is 14.2 Å². The molecule has 0 atom stereocenters. The maximum absolute atomic E-state index is 13.5. The monoisotopic (exact) mass is 490 g/mol. The molecule has 0 saturated carbocycles. The number of thioether (sulfide) groups is 1. The molecule has 0 aliphatic heterocycles. The number of hydrogen-bond donors (Lipinski definition) is 0. The van der Waals surface area contributed by atoms with Crippen LogP contribution >= 0.6 is 11.8 Å². The predicted octanol–water partition coefficient (Wildman–Crippen LogP) is 4.88. The van der Waals surface area contributed by atoms with Crippen molar-refractivity contribution in [3.63, 3.8) is 0 Å². The molecule has 0 unspecified atom stereocenters. The van der Waals surface area contributed by atoms with Gasteiger partial charge in [0.05, 0.1) is 42.1 Å². The average Bonchev–Trinajstić information content (AvgIpc) is 3.36. The van der Waals surface area contributed by atoms with Gasteiger partial charge in [0, 0.05) is 0 Å². The molecule has 0 N–H and O–H groups in total. The third-order valence-corrected chi connectivity index (χ3v) is 6.19. The maximum Gasteiger partial charge on any atom is 0.266 e. The molecule has 5 aromatic rings. The standard InChI is InChI=1S/C25H19FN4O4S/c1-32-20-9-5-7-18(22(20)33-2)23-28-21(34-29-23)14-35-25-27-19-8-4-3-6-17(19)24(31)30(25)16-12-10-15(26)11-13-16/h3-13H,14H2,1-2H3. The van der Waals surface area contributed by atoms with E-state index in [1.54, 1.807) is 37.4 Å². The highest BCUT2D eigenvalue weighted by molar-refractivity contribution is 7.98. The highest BCUT2D eigenvalue weighted by atomic mass is 32.2. The number of benzene rings is 3. The number of nitrogens with zero attached hydrogens (tertiary/aromatic N) is 4. The van der Waals surface area contributed by atoms with Crippen molar-refractivity contribution in [1.82, 2.24) is 19.7 Å². The first-order valence-corrected chi connectivity index (χ1v) is 11.5. The quantitative estimate of drug-likeness (QED) is 0.235. The van der Waals surface area contributed by atoms with E-state index >= 15 is 0 Å². The second kappa shape index (κ2) is 9.59. The second-order valence-corrected chi connectivity index (χ2v) is 8.31. The van der Waals surface area contributed by atoms with Crippen LogP contribution in [-0.4, -0.2) is 33.9 Å².